The molecule has 0 spiro atoms. The van der Waals surface area contributed by atoms with E-state index in [1.807, 2.05) is 0 Å². The Hall–Kier alpha value is -1.26. The zero-order chi connectivity index (χ0) is 12.8. The average molecular weight is 275 g/mol. The van der Waals surface area contributed by atoms with E-state index in [4.69, 9.17) is 23.2 Å². The van der Waals surface area contributed by atoms with Crippen LogP contribution in [0, 0.1) is 0 Å². The van der Waals surface area contributed by atoms with Crippen molar-refractivity contribution in [2.75, 3.05) is 0 Å². The Labute approximate surface area is 109 Å². The van der Waals surface area contributed by atoms with Crippen molar-refractivity contribution in [3.63, 3.8) is 0 Å². The molecule has 0 radical (unpaired) electrons. The molecule has 2 amide bonds. The van der Waals surface area contributed by atoms with Crippen molar-refractivity contribution >= 4 is 35.0 Å². The van der Waals surface area contributed by atoms with Gasteiger partial charge in [0.15, 0.2) is 0 Å². The first-order valence-corrected chi connectivity index (χ1v) is 5.79. The smallest absolute Gasteiger partial charge is 0.252 e. The fourth-order valence-corrected chi connectivity index (χ4v) is 1.45. The van der Waals surface area contributed by atoms with Gasteiger partial charge in [0.05, 0.1) is 0 Å². The molecule has 0 aliphatic rings. The third-order valence-electron chi connectivity index (χ3n) is 1.93. The predicted molar refractivity (Wildman–Crippen MR) is 67.0 cm³/mol. The maximum atomic E-state index is 11.8. The van der Waals surface area contributed by atoms with E-state index in [0.717, 1.165) is 0 Å². The highest BCUT2D eigenvalue weighted by Crippen LogP contribution is 2.07. The normalized spacial score (nSPS) is 12.0. The molecule has 0 bridgehead atoms. The second-order valence-corrected chi connectivity index (χ2v) is 4.52. The minimum atomic E-state index is -0.924. The maximum Gasteiger partial charge on any atom is 0.252 e. The van der Waals surface area contributed by atoms with Crippen LogP contribution >= 0.6 is 23.2 Å². The summed E-state index contributed by atoms with van der Waals surface area (Å²) in [5.74, 6) is -0.676. The number of alkyl halides is 2. The first-order chi connectivity index (χ1) is 8.00. The zero-order valence-electron chi connectivity index (χ0n) is 9.11. The summed E-state index contributed by atoms with van der Waals surface area (Å²) >= 11 is 11.3. The second kappa shape index (κ2) is 6.47. The molecule has 1 atom stereocenters. The Balaban J connectivity index is 2.68. The molecule has 0 heterocycles. The van der Waals surface area contributed by atoms with E-state index >= 15 is 0 Å². The number of hydrogen-bond donors (Lipinski definition) is 2. The van der Waals surface area contributed by atoms with E-state index in [-0.39, 0.29) is 11.8 Å². The van der Waals surface area contributed by atoms with Crippen molar-refractivity contribution in [1.82, 2.24) is 10.6 Å². The molecule has 0 saturated carbocycles. The van der Waals surface area contributed by atoms with Gasteiger partial charge in [-0.05, 0) is 12.1 Å². The van der Waals surface area contributed by atoms with Crippen LogP contribution in [0.4, 0.5) is 0 Å². The molecule has 0 unspecified atom stereocenters. The first-order valence-electron chi connectivity index (χ1n) is 4.92. The Morgan fingerprint density at radius 3 is 2.18 bits per heavy atom. The van der Waals surface area contributed by atoms with E-state index in [1.165, 1.54) is 6.92 Å². The van der Waals surface area contributed by atoms with Gasteiger partial charge in [-0.15, -0.1) is 23.2 Å². The molecule has 0 aliphatic heterocycles. The van der Waals surface area contributed by atoms with Crippen LogP contribution < -0.4 is 10.6 Å². The molecule has 2 N–H and O–H groups in total. The van der Waals surface area contributed by atoms with Gasteiger partial charge in [-0.1, -0.05) is 18.2 Å². The third kappa shape index (κ3) is 4.63. The second-order valence-electron chi connectivity index (χ2n) is 3.35. The minimum Gasteiger partial charge on any atom is -0.334 e. The van der Waals surface area contributed by atoms with Gasteiger partial charge >= 0.3 is 0 Å². The minimum absolute atomic E-state index is 0.324. The van der Waals surface area contributed by atoms with Crippen LogP contribution in [-0.2, 0) is 4.79 Å². The van der Waals surface area contributed by atoms with E-state index in [9.17, 15) is 9.59 Å². The van der Waals surface area contributed by atoms with Gasteiger partial charge in [-0.3, -0.25) is 9.59 Å². The van der Waals surface area contributed by atoms with Gasteiger partial charge in [0.1, 0.15) is 11.0 Å². The van der Waals surface area contributed by atoms with Gasteiger partial charge < -0.3 is 10.6 Å². The lowest BCUT2D eigenvalue weighted by Crippen LogP contribution is -2.51. The number of carbonyl (C=O) groups excluding carboxylic acids is 2. The predicted octanol–water partition coefficient (Wildman–Crippen LogP) is 1.68. The Morgan fingerprint density at radius 1 is 1.12 bits per heavy atom. The summed E-state index contributed by atoms with van der Waals surface area (Å²) in [7, 11) is 0. The molecule has 0 aliphatic carbocycles. The van der Waals surface area contributed by atoms with Gasteiger partial charge in [0, 0.05) is 12.5 Å². The molecule has 1 aromatic carbocycles. The number of hydrogen-bond acceptors (Lipinski definition) is 2. The van der Waals surface area contributed by atoms with Crippen molar-refractivity contribution < 1.29 is 9.59 Å². The molecule has 0 fully saturated rings. The lowest BCUT2D eigenvalue weighted by atomic mass is 10.2. The highest BCUT2D eigenvalue weighted by Gasteiger charge is 2.20. The highest BCUT2D eigenvalue weighted by molar-refractivity contribution is 6.44. The molecule has 1 rings (SSSR count). The number of amides is 2. The number of halogens is 2. The fourth-order valence-electron chi connectivity index (χ4n) is 1.20. The Bertz CT molecular complexity index is 396. The van der Waals surface area contributed by atoms with Crippen molar-refractivity contribution in [2.45, 2.75) is 17.9 Å². The first kappa shape index (κ1) is 13.8. The van der Waals surface area contributed by atoms with Crippen molar-refractivity contribution in [1.29, 1.82) is 0 Å². The topological polar surface area (TPSA) is 58.2 Å². The number of rotatable bonds is 4. The zero-order valence-corrected chi connectivity index (χ0v) is 10.6. The summed E-state index contributed by atoms with van der Waals surface area (Å²) in [6.07, 6.45) is -0.816. The SMILES string of the molecule is CC(=O)N[C@H](NC(=O)c1ccccc1)C(Cl)Cl. The van der Waals surface area contributed by atoms with Gasteiger partial charge in [0.2, 0.25) is 5.91 Å². The Morgan fingerprint density at radius 2 is 1.71 bits per heavy atom. The molecule has 0 aromatic heterocycles. The summed E-state index contributed by atoms with van der Waals surface area (Å²) in [5.41, 5.74) is 0.469. The lowest BCUT2D eigenvalue weighted by Gasteiger charge is -2.20. The van der Waals surface area contributed by atoms with Crippen LogP contribution in [0.5, 0.6) is 0 Å². The van der Waals surface area contributed by atoms with Crippen LogP contribution in [0.15, 0.2) is 30.3 Å². The van der Waals surface area contributed by atoms with Crippen LogP contribution in [0.25, 0.3) is 0 Å². The van der Waals surface area contributed by atoms with Gasteiger partial charge in [0.25, 0.3) is 5.91 Å². The molecule has 6 heteroatoms. The monoisotopic (exact) mass is 274 g/mol. The summed E-state index contributed by atoms with van der Waals surface area (Å²) in [4.78, 5) is 21.7. The van der Waals surface area contributed by atoms with Crippen LogP contribution in [0.2, 0.25) is 0 Å². The Kier molecular flexibility index (Phi) is 5.25. The van der Waals surface area contributed by atoms with Crippen LogP contribution in [0.1, 0.15) is 17.3 Å². The summed E-state index contributed by atoms with van der Waals surface area (Å²) in [6, 6.07) is 8.58. The van der Waals surface area contributed by atoms with Crippen molar-refractivity contribution in [2.24, 2.45) is 0 Å². The van der Waals surface area contributed by atoms with Crippen molar-refractivity contribution in [3.05, 3.63) is 35.9 Å². The van der Waals surface area contributed by atoms with E-state index in [1.54, 1.807) is 30.3 Å². The van der Waals surface area contributed by atoms with Crippen LogP contribution in [0.3, 0.4) is 0 Å². The van der Waals surface area contributed by atoms with Crippen molar-refractivity contribution in [3.8, 4) is 0 Å². The van der Waals surface area contributed by atoms with Gasteiger partial charge in [-0.2, -0.15) is 0 Å². The quantitative estimate of drug-likeness (QED) is 0.649. The molecule has 4 nitrogen and oxygen atoms in total. The van der Waals surface area contributed by atoms with Crippen LogP contribution in [-0.4, -0.2) is 22.8 Å². The molecular formula is C11H12Cl2N2O2. The summed E-state index contributed by atoms with van der Waals surface area (Å²) in [5, 5.41) is 4.97. The van der Waals surface area contributed by atoms with E-state index < -0.39 is 11.0 Å². The lowest BCUT2D eigenvalue weighted by molar-refractivity contribution is -0.119. The fraction of sp³-hybridized carbons (Fsp3) is 0.273. The molecule has 17 heavy (non-hydrogen) atoms. The van der Waals surface area contributed by atoms with E-state index in [2.05, 4.69) is 10.6 Å². The number of benzene rings is 1. The molecule has 0 saturated heterocycles. The maximum absolute atomic E-state index is 11.8. The largest absolute Gasteiger partial charge is 0.334 e. The molecule has 1 aromatic rings. The average Bonchev–Trinajstić information content (AvgIpc) is 2.28. The van der Waals surface area contributed by atoms with Gasteiger partial charge in [-0.25, -0.2) is 0 Å². The molecular weight excluding hydrogens is 263 g/mol. The number of nitrogens with one attached hydrogen (secondary N) is 2. The molecule has 92 valence electrons. The number of carbonyl (C=O) groups is 2. The summed E-state index contributed by atoms with van der Waals surface area (Å²) < 4.78 is 0. The third-order valence-corrected chi connectivity index (χ3v) is 2.44. The van der Waals surface area contributed by atoms with E-state index in [0.29, 0.717) is 5.56 Å². The summed E-state index contributed by atoms with van der Waals surface area (Å²) in [6.45, 7) is 1.32. The highest BCUT2D eigenvalue weighted by atomic mass is 35.5. The standard InChI is InChI=1S/C11H12Cl2N2O2/c1-7(16)14-10(9(12)13)15-11(17)8-5-3-2-4-6-8/h2-6,9-10H,1H3,(H,14,16)(H,15,17)/t10-/m1/s1.